The predicted octanol–water partition coefficient (Wildman–Crippen LogP) is 7.52. The zero-order valence-corrected chi connectivity index (χ0v) is 18.8. The van der Waals surface area contributed by atoms with Gasteiger partial charge in [0.15, 0.2) is 0 Å². The van der Waals surface area contributed by atoms with Crippen molar-refractivity contribution in [2.75, 3.05) is 0 Å². The van der Waals surface area contributed by atoms with E-state index >= 15 is 0 Å². The van der Waals surface area contributed by atoms with Gasteiger partial charge in [-0.3, -0.25) is 4.79 Å². The molecule has 0 heterocycles. The van der Waals surface area contributed by atoms with Crippen molar-refractivity contribution in [3.63, 3.8) is 0 Å². The first-order chi connectivity index (χ1) is 14.2. The van der Waals surface area contributed by atoms with Gasteiger partial charge in [-0.1, -0.05) is 75.7 Å². The van der Waals surface area contributed by atoms with E-state index in [9.17, 15) is 18.0 Å². The van der Waals surface area contributed by atoms with Crippen molar-refractivity contribution >= 4 is 12.5 Å². The van der Waals surface area contributed by atoms with Crippen molar-refractivity contribution in [1.29, 1.82) is 0 Å². The molecule has 2 aromatic rings. The average molecular weight is 422 g/mol. The van der Waals surface area contributed by atoms with Gasteiger partial charge in [-0.15, -0.1) is 0 Å². The van der Waals surface area contributed by atoms with Crippen LogP contribution >= 0.6 is 0 Å². The van der Waals surface area contributed by atoms with Crippen LogP contribution in [0.25, 0.3) is 6.08 Å². The minimum absolute atomic E-state index is 0.0496. The number of allylic oxidation sites excluding steroid dienone is 1. The van der Waals surface area contributed by atoms with Crippen LogP contribution in [-0.2, 0) is 17.4 Å². The van der Waals surface area contributed by atoms with Crippen LogP contribution in [0.5, 0.6) is 0 Å². The minimum atomic E-state index is -4.22. The maximum absolute atomic E-state index is 12.2. The number of halogens is 3. The minimum Gasteiger partial charge on any atom is -0.352 e. The zero-order valence-electron chi connectivity index (χ0n) is 18.8. The smallest absolute Gasteiger partial charge is 0.352 e. The Balaban J connectivity index is 0.000000522. The summed E-state index contributed by atoms with van der Waals surface area (Å²) < 4.78 is 36.6. The Labute approximate surface area is 179 Å². The van der Waals surface area contributed by atoms with E-state index in [0.717, 1.165) is 30.0 Å². The van der Waals surface area contributed by atoms with Gasteiger partial charge in [0.25, 0.3) is 0 Å². The molecule has 1 N–H and O–H groups in total. The Kier molecular flexibility index (Phi) is 13.2. The van der Waals surface area contributed by atoms with Gasteiger partial charge in [-0.25, -0.2) is 0 Å². The summed E-state index contributed by atoms with van der Waals surface area (Å²) in [6.07, 6.45) is 2.18. The number of benzene rings is 2. The molecule has 0 aromatic heterocycles. The van der Waals surface area contributed by atoms with Crippen LogP contribution < -0.4 is 5.32 Å². The Morgan fingerprint density at radius 2 is 1.73 bits per heavy atom. The fraction of sp³-hybridized carbons (Fsp3) is 0.400. The molecule has 0 radical (unpaired) electrons. The number of rotatable bonds is 6. The number of aryl methyl sites for hydroxylation is 2. The maximum Gasteiger partial charge on any atom is 0.416 e. The largest absolute Gasteiger partial charge is 0.416 e. The molecule has 2 nitrogen and oxygen atoms in total. The Hall–Kier alpha value is -2.56. The third-order valence-corrected chi connectivity index (χ3v) is 4.27. The van der Waals surface area contributed by atoms with E-state index in [1.165, 1.54) is 23.3 Å². The maximum atomic E-state index is 12.2. The Morgan fingerprint density at radius 3 is 2.27 bits per heavy atom. The lowest BCUT2D eigenvalue weighted by molar-refractivity contribution is -0.137. The average Bonchev–Trinajstić information content (AvgIpc) is 2.72. The molecule has 0 aliphatic carbocycles. The van der Waals surface area contributed by atoms with Gasteiger partial charge in [-0.2, -0.15) is 13.2 Å². The van der Waals surface area contributed by atoms with Crippen LogP contribution in [0.2, 0.25) is 0 Å². The first kappa shape index (κ1) is 27.4. The molecule has 0 saturated heterocycles. The fourth-order valence-electron chi connectivity index (χ4n) is 2.86. The predicted molar refractivity (Wildman–Crippen MR) is 120 cm³/mol. The summed E-state index contributed by atoms with van der Waals surface area (Å²) in [5.41, 5.74) is 3.77. The molecule has 0 bridgehead atoms. The number of hydrogen-bond donors (Lipinski definition) is 1. The van der Waals surface area contributed by atoms with Gasteiger partial charge >= 0.3 is 6.18 Å². The topological polar surface area (TPSA) is 29.1 Å². The summed E-state index contributed by atoms with van der Waals surface area (Å²) in [6.45, 7) is 12.0. The molecule has 1 atom stereocenters. The summed E-state index contributed by atoms with van der Waals surface area (Å²) >= 11 is 0. The van der Waals surface area contributed by atoms with Crippen molar-refractivity contribution < 1.29 is 18.0 Å². The molecular weight excluding hydrogens is 387 g/mol. The SMILES string of the molecule is C/C=C\c1c(C)cccc1C(C)NC=O.CC.CCCc1cccc(C(F)(F)F)c1. The highest BCUT2D eigenvalue weighted by Gasteiger charge is 2.30. The zero-order chi connectivity index (χ0) is 23.2. The van der Waals surface area contributed by atoms with Gasteiger partial charge in [0, 0.05) is 0 Å². The second kappa shape index (κ2) is 14.4. The highest BCUT2D eigenvalue weighted by Crippen LogP contribution is 2.29. The molecule has 166 valence electrons. The van der Waals surface area contributed by atoms with Gasteiger partial charge < -0.3 is 5.32 Å². The van der Waals surface area contributed by atoms with E-state index in [-0.39, 0.29) is 6.04 Å². The molecule has 0 aliphatic heterocycles. The molecule has 1 amide bonds. The summed E-state index contributed by atoms with van der Waals surface area (Å²) in [5, 5.41) is 2.77. The molecule has 0 saturated carbocycles. The molecule has 0 aliphatic rings. The normalized spacial score (nSPS) is 11.6. The molecule has 0 fully saturated rings. The number of nitrogens with one attached hydrogen (secondary N) is 1. The molecule has 5 heteroatoms. The van der Waals surface area contributed by atoms with Crippen LogP contribution in [0.3, 0.4) is 0 Å². The van der Waals surface area contributed by atoms with Crippen LogP contribution in [0.1, 0.15) is 74.9 Å². The highest BCUT2D eigenvalue weighted by molar-refractivity contribution is 5.59. The second-order valence-electron chi connectivity index (χ2n) is 6.53. The molecule has 1 unspecified atom stereocenters. The molecule has 0 spiro atoms. The first-order valence-electron chi connectivity index (χ1n) is 10.3. The van der Waals surface area contributed by atoms with E-state index in [0.29, 0.717) is 6.42 Å². The lowest BCUT2D eigenvalue weighted by Gasteiger charge is -2.15. The van der Waals surface area contributed by atoms with E-state index in [1.54, 1.807) is 6.07 Å². The van der Waals surface area contributed by atoms with Crippen molar-refractivity contribution in [3.05, 3.63) is 76.4 Å². The summed E-state index contributed by atoms with van der Waals surface area (Å²) in [7, 11) is 0. The number of alkyl halides is 3. The summed E-state index contributed by atoms with van der Waals surface area (Å²) in [5.74, 6) is 0. The van der Waals surface area contributed by atoms with Crippen molar-refractivity contribution in [1.82, 2.24) is 5.32 Å². The summed E-state index contributed by atoms with van der Waals surface area (Å²) in [4.78, 5) is 10.4. The van der Waals surface area contributed by atoms with Crippen LogP contribution in [0.4, 0.5) is 13.2 Å². The molecule has 2 aromatic carbocycles. The third kappa shape index (κ3) is 9.29. The van der Waals surface area contributed by atoms with Gasteiger partial charge in [0.2, 0.25) is 6.41 Å². The van der Waals surface area contributed by atoms with Crippen LogP contribution in [0.15, 0.2) is 48.5 Å². The molecule has 2 rings (SSSR count). The van der Waals surface area contributed by atoms with Gasteiger partial charge in [-0.05, 0) is 55.5 Å². The number of hydrogen-bond acceptors (Lipinski definition) is 1. The van der Waals surface area contributed by atoms with Gasteiger partial charge in [0.05, 0.1) is 11.6 Å². The van der Waals surface area contributed by atoms with E-state index in [4.69, 9.17) is 0 Å². The lowest BCUT2D eigenvalue weighted by atomic mass is 9.97. The summed E-state index contributed by atoms with van der Waals surface area (Å²) in [6, 6.07) is 11.7. The Bertz CT molecular complexity index is 782. The number of carbonyl (C=O) groups is 1. The molecule has 30 heavy (non-hydrogen) atoms. The quantitative estimate of drug-likeness (QED) is 0.480. The second-order valence-corrected chi connectivity index (χ2v) is 6.53. The van der Waals surface area contributed by atoms with E-state index < -0.39 is 11.7 Å². The fourth-order valence-corrected chi connectivity index (χ4v) is 2.86. The van der Waals surface area contributed by atoms with Crippen molar-refractivity contribution in [3.8, 4) is 0 Å². The van der Waals surface area contributed by atoms with Crippen LogP contribution in [0, 0.1) is 6.92 Å². The standard InChI is InChI=1S/C13H17NO.C10H11F3.C2H6/c1-4-6-12-10(2)7-5-8-13(12)11(3)14-9-15;1-2-4-8-5-3-6-9(7-8)10(11,12)13;1-2/h4-9,11H,1-3H3,(H,14,15);3,5-7H,2,4H2,1H3;1-2H3/b6-4-;;. The highest BCUT2D eigenvalue weighted by atomic mass is 19.4. The Morgan fingerprint density at radius 1 is 1.10 bits per heavy atom. The third-order valence-electron chi connectivity index (χ3n) is 4.27. The van der Waals surface area contributed by atoms with Crippen molar-refractivity contribution in [2.45, 2.75) is 66.6 Å². The van der Waals surface area contributed by atoms with Crippen LogP contribution in [-0.4, -0.2) is 6.41 Å². The monoisotopic (exact) mass is 421 g/mol. The van der Waals surface area contributed by atoms with E-state index in [2.05, 4.69) is 24.4 Å². The molecular formula is C25H34F3NO. The number of amides is 1. The first-order valence-corrected chi connectivity index (χ1v) is 10.3. The lowest BCUT2D eigenvalue weighted by Crippen LogP contribution is -2.17. The number of carbonyl (C=O) groups excluding carboxylic acids is 1. The van der Waals surface area contributed by atoms with Crippen molar-refractivity contribution in [2.24, 2.45) is 0 Å². The van der Waals surface area contributed by atoms with E-state index in [1.807, 2.05) is 52.8 Å². The van der Waals surface area contributed by atoms with Gasteiger partial charge in [0.1, 0.15) is 0 Å².